The summed E-state index contributed by atoms with van der Waals surface area (Å²) in [5.41, 5.74) is 2.79. The fraction of sp³-hybridized carbons (Fsp3) is 0.800. The van der Waals surface area contributed by atoms with Crippen LogP contribution in [0.1, 0.15) is 51.9 Å². The van der Waals surface area contributed by atoms with Gasteiger partial charge >= 0.3 is 0 Å². The summed E-state index contributed by atoms with van der Waals surface area (Å²) in [5.74, 6) is 0. The minimum atomic E-state index is 0.360. The van der Waals surface area contributed by atoms with E-state index in [4.69, 9.17) is 0 Å². The van der Waals surface area contributed by atoms with Crippen LogP contribution in [0.25, 0.3) is 0 Å². The number of aromatic nitrogens is 2. The van der Waals surface area contributed by atoms with Crippen LogP contribution < -0.4 is 5.32 Å². The third kappa shape index (κ3) is 5.21. The Morgan fingerprint density at radius 1 is 1.39 bits per heavy atom. The van der Waals surface area contributed by atoms with E-state index in [1.54, 1.807) is 0 Å². The lowest BCUT2D eigenvalue weighted by Gasteiger charge is -2.27. The molecule has 1 aromatic rings. The zero-order valence-corrected chi connectivity index (χ0v) is 12.9. The van der Waals surface area contributed by atoms with Crippen LogP contribution in [0.5, 0.6) is 0 Å². The molecule has 0 saturated carbocycles. The van der Waals surface area contributed by atoms with Crippen LogP contribution in [0.15, 0.2) is 6.07 Å². The van der Waals surface area contributed by atoms with Gasteiger partial charge in [0.2, 0.25) is 0 Å². The van der Waals surface area contributed by atoms with E-state index in [9.17, 15) is 0 Å². The Balaban J connectivity index is 2.68. The highest BCUT2D eigenvalue weighted by atomic mass is 15.3. The zero-order valence-electron chi connectivity index (χ0n) is 12.9. The van der Waals surface area contributed by atoms with Crippen LogP contribution in [0.4, 0.5) is 0 Å². The highest BCUT2D eigenvalue weighted by Gasteiger charge is 2.19. The summed E-state index contributed by atoms with van der Waals surface area (Å²) in [4.78, 5) is 0. The van der Waals surface area contributed by atoms with Crippen LogP contribution >= 0.6 is 0 Å². The first-order valence-corrected chi connectivity index (χ1v) is 7.04. The first kappa shape index (κ1) is 15.2. The maximum absolute atomic E-state index is 4.43. The Labute approximate surface area is 112 Å². The first-order chi connectivity index (χ1) is 8.31. The van der Waals surface area contributed by atoms with Crippen molar-refractivity contribution in [2.45, 2.75) is 59.9 Å². The molecular weight excluding hydrogens is 222 g/mol. The zero-order chi connectivity index (χ0) is 13.8. The van der Waals surface area contributed by atoms with Gasteiger partial charge in [-0.1, -0.05) is 27.7 Å². The third-order valence-electron chi connectivity index (χ3n) is 3.10. The van der Waals surface area contributed by atoms with Crippen molar-refractivity contribution in [3.63, 3.8) is 0 Å². The fourth-order valence-corrected chi connectivity index (χ4v) is 2.41. The molecule has 3 nitrogen and oxygen atoms in total. The maximum atomic E-state index is 4.43. The molecule has 0 aliphatic carbocycles. The number of nitrogens with one attached hydrogen (secondary N) is 1. The van der Waals surface area contributed by atoms with Crippen molar-refractivity contribution in [1.82, 2.24) is 15.1 Å². The molecule has 0 aliphatic heterocycles. The van der Waals surface area contributed by atoms with Crippen molar-refractivity contribution in [2.75, 3.05) is 6.54 Å². The molecule has 0 amide bonds. The van der Waals surface area contributed by atoms with Crippen LogP contribution in [0, 0.1) is 12.3 Å². The number of aryl methyl sites for hydroxylation is 2. The van der Waals surface area contributed by atoms with Crippen LogP contribution in [-0.4, -0.2) is 22.4 Å². The summed E-state index contributed by atoms with van der Waals surface area (Å²) in [6.07, 6.45) is 3.44. The van der Waals surface area contributed by atoms with Gasteiger partial charge in [-0.3, -0.25) is 4.68 Å². The SMILES string of the molecule is CCCNC(Cc1cc(C)nn1C)CC(C)(C)C. The number of hydrogen-bond donors (Lipinski definition) is 1. The average molecular weight is 251 g/mol. The van der Waals surface area contributed by atoms with Crippen LogP contribution in [0.3, 0.4) is 0 Å². The molecule has 0 bridgehead atoms. The third-order valence-corrected chi connectivity index (χ3v) is 3.10. The van der Waals surface area contributed by atoms with E-state index in [1.807, 2.05) is 11.7 Å². The minimum absolute atomic E-state index is 0.360. The molecule has 104 valence electrons. The van der Waals surface area contributed by atoms with Gasteiger partial charge in [-0.2, -0.15) is 5.10 Å². The summed E-state index contributed by atoms with van der Waals surface area (Å²) in [5, 5.41) is 8.10. The van der Waals surface area contributed by atoms with Crippen LogP contribution in [-0.2, 0) is 13.5 Å². The van der Waals surface area contributed by atoms with Crippen molar-refractivity contribution >= 4 is 0 Å². The van der Waals surface area contributed by atoms with E-state index in [2.05, 4.69) is 51.1 Å². The Hall–Kier alpha value is -0.830. The second-order valence-electron chi connectivity index (χ2n) is 6.52. The van der Waals surface area contributed by atoms with Gasteiger partial charge in [0.05, 0.1) is 5.69 Å². The second kappa shape index (κ2) is 6.37. The molecular formula is C15H29N3. The van der Waals surface area contributed by atoms with Gasteiger partial charge in [-0.25, -0.2) is 0 Å². The minimum Gasteiger partial charge on any atom is -0.314 e. The Kier molecular flexibility index (Phi) is 5.39. The monoisotopic (exact) mass is 251 g/mol. The predicted molar refractivity (Wildman–Crippen MR) is 77.8 cm³/mol. The van der Waals surface area contributed by atoms with E-state index < -0.39 is 0 Å². The Morgan fingerprint density at radius 3 is 2.50 bits per heavy atom. The van der Waals surface area contributed by atoms with Crippen molar-refractivity contribution in [1.29, 1.82) is 0 Å². The molecule has 3 heteroatoms. The van der Waals surface area contributed by atoms with Gasteiger partial charge in [0.1, 0.15) is 0 Å². The van der Waals surface area contributed by atoms with E-state index in [0.717, 1.165) is 18.7 Å². The van der Waals surface area contributed by atoms with Gasteiger partial charge in [0.25, 0.3) is 0 Å². The fourth-order valence-electron chi connectivity index (χ4n) is 2.41. The predicted octanol–water partition coefficient (Wildman–Crippen LogP) is 3.08. The smallest absolute Gasteiger partial charge is 0.0596 e. The molecule has 1 aromatic heterocycles. The lowest BCUT2D eigenvalue weighted by Crippen LogP contribution is -2.35. The molecule has 0 aromatic carbocycles. The lowest BCUT2D eigenvalue weighted by molar-refractivity contribution is 0.304. The van der Waals surface area contributed by atoms with Crippen molar-refractivity contribution in [3.05, 3.63) is 17.5 Å². The topological polar surface area (TPSA) is 29.9 Å². The molecule has 1 unspecified atom stereocenters. The lowest BCUT2D eigenvalue weighted by atomic mass is 9.86. The molecule has 18 heavy (non-hydrogen) atoms. The standard InChI is InChI=1S/C15H29N3/c1-7-8-16-13(11-15(3,4)5)10-14-9-12(2)17-18(14)6/h9,13,16H,7-8,10-11H2,1-6H3. The Morgan fingerprint density at radius 2 is 2.06 bits per heavy atom. The van der Waals surface area contributed by atoms with Crippen molar-refractivity contribution < 1.29 is 0 Å². The second-order valence-corrected chi connectivity index (χ2v) is 6.52. The number of rotatable bonds is 6. The van der Waals surface area contributed by atoms with Gasteiger partial charge in [0.15, 0.2) is 0 Å². The summed E-state index contributed by atoms with van der Waals surface area (Å²) < 4.78 is 2.01. The van der Waals surface area contributed by atoms with Gasteiger partial charge < -0.3 is 5.32 Å². The molecule has 1 rings (SSSR count). The highest BCUT2D eigenvalue weighted by molar-refractivity contribution is 5.10. The summed E-state index contributed by atoms with van der Waals surface area (Å²) >= 11 is 0. The molecule has 0 fully saturated rings. The maximum Gasteiger partial charge on any atom is 0.0596 e. The molecule has 1 heterocycles. The van der Waals surface area contributed by atoms with E-state index in [-0.39, 0.29) is 0 Å². The first-order valence-electron chi connectivity index (χ1n) is 7.04. The normalized spacial score (nSPS) is 13.9. The van der Waals surface area contributed by atoms with Crippen molar-refractivity contribution in [2.24, 2.45) is 12.5 Å². The van der Waals surface area contributed by atoms with E-state index >= 15 is 0 Å². The number of hydrogen-bond acceptors (Lipinski definition) is 2. The molecule has 1 N–H and O–H groups in total. The molecule has 0 aliphatic rings. The molecule has 0 radical (unpaired) electrons. The summed E-state index contributed by atoms with van der Waals surface area (Å²) in [6.45, 7) is 12.3. The quantitative estimate of drug-likeness (QED) is 0.842. The average Bonchev–Trinajstić information content (AvgIpc) is 2.52. The van der Waals surface area contributed by atoms with Gasteiger partial charge in [-0.05, 0) is 37.8 Å². The van der Waals surface area contributed by atoms with Gasteiger partial charge in [0, 0.05) is 25.2 Å². The van der Waals surface area contributed by atoms with E-state index in [1.165, 1.54) is 18.5 Å². The number of nitrogens with zero attached hydrogens (tertiary/aromatic N) is 2. The van der Waals surface area contributed by atoms with Gasteiger partial charge in [-0.15, -0.1) is 0 Å². The Bertz CT molecular complexity index is 360. The summed E-state index contributed by atoms with van der Waals surface area (Å²) in [7, 11) is 2.04. The molecule has 0 spiro atoms. The highest BCUT2D eigenvalue weighted by Crippen LogP contribution is 2.22. The van der Waals surface area contributed by atoms with Crippen LogP contribution in [0.2, 0.25) is 0 Å². The molecule has 1 atom stereocenters. The van der Waals surface area contributed by atoms with Crippen molar-refractivity contribution in [3.8, 4) is 0 Å². The van der Waals surface area contributed by atoms with E-state index in [0.29, 0.717) is 11.5 Å². The largest absolute Gasteiger partial charge is 0.314 e. The summed E-state index contributed by atoms with van der Waals surface area (Å²) in [6, 6.07) is 2.74. The molecule has 0 saturated heterocycles.